The smallest absolute Gasteiger partial charge is 0.240 e. The molecule has 0 aliphatic heterocycles. The molecule has 27 heavy (non-hydrogen) atoms. The van der Waals surface area contributed by atoms with Crippen LogP contribution in [0.25, 0.3) is 0 Å². The standard InChI is InChI=1S/C21H24N2O4/c1-26-16-9-7-15(8-10-16)11-14-22-19(24)21(12-13-21)20(25)23-17-5-3-4-6-18(17)27-2/h3-10H,11-14H2,1-2H3,(H,22,24)(H,23,25). The Morgan fingerprint density at radius 2 is 1.67 bits per heavy atom. The third-order valence-electron chi connectivity index (χ3n) is 4.83. The lowest BCUT2D eigenvalue weighted by molar-refractivity contribution is -0.134. The molecule has 6 nitrogen and oxygen atoms in total. The molecule has 1 fully saturated rings. The number of rotatable bonds is 8. The summed E-state index contributed by atoms with van der Waals surface area (Å²) in [6.07, 6.45) is 1.81. The summed E-state index contributed by atoms with van der Waals surface area (Å²) in [7, 11) is 3.17. The van der Waals surface area contributed by atoms with Crippen LogP contribution in [0.2, 0.25) is 0 Å². The highest BCUT2D eigenvalue weighted by Gasteiger charge is 2.56. The lowest BCUT2D eigenvalue weighted by Gasteiger charge is -2.16. The Morgan fingerprint density at radius 3 is 2.30 bits per heavy atom. The fourth-order valence-corrected chi connectivity index (χ4v) is 2.95. The zero-order valence-corrected chi connectivity index (χ0v) is 15.6. The summed E-state index contributed by atoms with van der Waals surface area (Å²) in [4.78, 5) is 25.2. The Hall–Kier alpha value is -3.02. The molecule has 0 spiro atoms. The molecule has 0 aromatic heterocycles. The second-order valence-corrected chi connectivity index (χ2v) is 6.59. The third kappa shape index (κ3) is 4.22. The number of anilines is 1. The van der Waals surface area contributed by atoms with Gasteiger partial charge in [0.15, 0.2) is 0 Å². The highest BCUT2D eigenvalue weighted by Crippen LogP contribution is 2.47. The first-order valence-corrected chi connectivity index (χ1v) is 8.95. The van der Waals surface area contributed by atoms with E-state index in [1.807, 2.05) is 36.4 Å². The van der Waals surface area contributed by atoms with Crippen LogP contribution in [0.1, 0.15) is 18.4 Å². The molecule has 142 valence electrons. The fourth-order valence-electron chi connectivity index (χ4n) is 2.95. The molecule has 0 atom stereocenters. The van der Waals surface area contributed by atoms with E-state index in [4.69, 9.17) is 9.47 Å². The summed E-state index contributed by atoms with van der Waals surface area (Å²) in [5, 5.41) is 5.72. The average molecular weight is 368 g/mol. The summed E-state index contributed by atoms with van der Waals surface area (Å²) in [6, 6.07) is 14.9. The highest BCUT2D eigenvalue weighted by molar-refractivity contribution is 6.13. The minimum Gasteiger partial charge on any atom is -0.497 e. The third-order valence-corrected chi connectivity index (χ3v) is 4.83. The van der Waals surface area contributed by atoms with E-state index in [0.29, 0.717) is 37.2 Å². The molecule has 1 aliphatic rings. The van der Waals surface area contributed by atoms with Crippen LogP contribution in [-0.4, -0.2) is 32.6 Å². The zero-order valence-electron chi connectivity index (χ0n) is 15.6. The van der Waals surface area contributed by atoms with Gasteiger partial charge in [-0.05, 0) is 49.1 Å². The Kier molecular flexibility index (Phi) is 5.64. The molecule has 2 amide bonds. The lowest BCUT2D eigenvalue weighted by Crippen LogP contribution is -2.40. The average Bonchev–Trinajstić information content (AvgIpc) is 3.51. The summed E-state index contributed by atoms with van der Waals surface area (Å²) in [6.45, 7) is 0.481. The zero-order chi connectivity index (χ0) is 19.3. The number of carbonyl (C=O) groups is 2. The van der Waals surface area contributed by atoms with Crippen molar-refractivity contribution in [3.63, 3.8) is 0 Å². The van der Waals surface area contributed by atoms with Crippen LogP contribution in [0.5, 0.6) is 11.5 Å². The van der Waals surface area contributed by atoms with E-state index in [-0.39, 0.29) is 11.8 Å². The molecule has 1 aliphatic carbocycles. The number of methoxy groups -OCH3 is 2. The van der Waals surface area contributed by atoms with Crippen LogP contribution in [0.3, 0.4) is 0 Å². The van der Waals surface area contributed by atoms with Crippen molar-refractivity contribution in [2.45, 2.75) is 19.3 Å². The molecule has 6 heteroatoms. The monoisotopic (exact) mass is 368 g/mol. The van der Waals surface area contributed by atoms with Gasteiger partial charge in [0, 0.05) is 6.54 Å². The van der Waals surface area contributed by atoms with Gasteiger partial charge in [0.05, 0.1) is 19.9 Å². The van der Waals surface area contributed by atoms with Gasteiger partial charge in [-0.25, -0.2) is 0 Å². The number of benzene rings is 2. The number of hydrogen-bond donors (Lipinski definition) is 2. The first-order valence-electron chi connectivity index (χ1n) is 8.95. The van der Waals surface area contributed by atoms with Gasteiger partial charge in [0.2, 0.25) is 11.8 Å². The van der Waals surface area contributed by atoms with E-state index in [0.717, 1.165) is 11.3 Å². The number of ether oxygens (including phenoxy) is 2. The van der Waals surface area contributed by atoms with Crippen molar-refractivity contribution in [1.82, 2.24) is 5.32 Å². The maximum atomic E-state index is 12.7. The Balaban J connectivity index is 1.54. The van der Waals surface area contributed by atoms with Gasteiger partial charge in [-0.15, -0.1) is 0 Å². The number of nitrogens with one attached hydrogen (secondary N) is 2. The van der Waals surface area contributed by atoms with E-state index >= 15 is 0 Å². The van der Waals surface area contributed by atoms with Crippen molar-refractivity contribution in [3.8, 4) is 11.5 Å². The first-order chi connectivity index (χ1) is 13.1. The van der Waals surface area contributed by atoms with Crippen molar-refractivity contribution in [2.75, 3.05) is 26.1 Å². The molecule has 3 rings (SSSR count). The van der Waals surface area contributed by atoms with Gasteiger partial charge in [0.25, 0.3) is 0 Å². The predicted molar refractivity (Wildman–Crippen MR) is 103 cm³/mol. The fraction of sp³-hybridized carbons (Fsp3) is 0.333. The van der Waals surface area contributed by atoms with Crippen LogP contribution < -0.4 is 20.1 Å². The van der Waals surface area contributed by atoms with Crippen LogP contribution in [0.15, 0.2) is 48.5 Å². The van der Waals surface area contributed by atoms with Gasteiger partial charge in [0.1, 0.15) is 16.9 Å². The maximum Gasteiger partial charge on any atom is 0.240 e. The van der Waals surface area contributed by atoms with Crippen LogP contribution >= 0.6 is 0 Å². The van der Waals surface area contributed by atoms with Gasteiger partial charge in [-0.1, -0.05) is 24.3 Å². The summed E-state index contributed by atoms with van der Waals surface area (Å²) in [5.74, 6) is 0.867. The molecule has 0 heterocycles. The molecule has 2 aromatic rings. The molecule has 0 unspecified atom stereocenters. The van der Waals surface area contributed by atoms with E-state index in [9.17, 15) is 9.59 Å². The minimum atomic E-state index is -0.971. The van der Waals surface area contributed by atoms with Gasteiger partial charge < -0.3 is 20.1 Å². The first kappa shape index (κ1) is 18.8. The Morgan fingerprint density at radius 1 is 0.963 bits per heavy atom. The molecule has 2 N–H and O–H groups in total. The second kappa shape index (κ2) is 8.12. The molecular weight excluding hydrogens is 344 g/mol. The van der Waals surface area contributed by atoms with Crippen LogP contribution in [-0.2, 0) is 16.0 Å². The Bertz CT molecular complexity index is 813. The van der Waals surface area contributed by atoms with E-state index in [1.54, 1.807) is 26.4 Å². The van der Waals surface area contributed by atoms with Crippen molar-refractivity contribution in [3.05, 3.63) is 54.1 Å². The highest BCUT2D eigenvalue weighted by atomic mass is 16.5. The number of hydrogen-bond acceptors (Lipinski definition) is 4. The lowest BCUT2D eigenvalue weighted by atomic mass is 10.0. The van der Waals surface area contributed by atoms with E-state index < -0.39 is 5.41 Å². The quantitative estimate of drug-likeness (QED) is 0.703. The SMILES string of the molecule is COc1ccc(CCNC(=O)C2(C(=O)Nc3ccccc3OC)CC2)cc1. The van der Waals surface area contributed by atoms with Gasteiger partial charge in [-0.3, -0.25) is 9.59 Å². The topological polar surface area (TPSA) is 76.7 Å². The van der Waals surface area contributed by atoms with E-state index in [1.165, 1.54) is 0 Å². The molecule has 1 saturated carbocycles. The number of amides is 2. The molecule has 0 bridgehead atoms. The van der Waals surface area contributed by atoms with Gasteiger partial charge >= 0.3 is 0 Å². The number of para-hydroxylation sites is 2. The largest absolute Gasteiger partial charge is 0.497 e. The number of carbonyl (C=O) groups excluding carboxylic acids is 2. The van der Waals surface area contributed by atoms with Gasteiger partial charge in [-0.2, -0.15) is 0 Å². The predicted octanol–water partition coefficient (Wildman–Crippen LogP) is 2.78. The van der Waals surface area contributed by atoms with Crippen LogP contribution in [0, 0.1) is 5.41 Å². The van der Waals surface area contributed by atoms with Crippen molar-refractivity contribution < 1.29 is 19.1 Å². The molecule has 2 aromatic carbocycles. The summed E-state index contributed by atoms with van der Waals surface area (Å²) < 4.78 is 10.4. The normalized spacial score (nSPS) is 14.1. The molecular formula is C21H24N2O4. The van der Waals surface area contributed by atoms with Crippen molar-refractivity contribution in [2.24, 2.45) is 5.41 Å². The second-order valence-electron chi connectivity index (χ2n) is 6.59. The summed E-state index contributed by atoms with van der Waals surface area (Å²) >= 11 is 0. The molecule has 0 radical (unpaired) electrons. The minimum absolute atomic E-state index is 0.219. The maximum absolute atomic E-state index is 12.7. The van der Waals surface area contributed by atoms with Crippen LogP contribution in [0.4, 0.5) is 5.69 Å². The van der Waals surface area contributed by atoms with E-state index in [2.05, 4.69) is 10.6 Å². The molecule has 0 saturated heterocycles. The van der Waals surface area contributed by atoms with Crippen molar-refractivity contribution in [1.29, 1.82) is 0 Å². The van der Waals surface area contributed by atoms with Crippen molar-refractivity contribution >= 4 is 17.5 Å². The Labute approximate surface area is 158 Å². The summed E-state index contributed by atoms with van der Waals surface area (Å²) in [5.41, 5.74) is 0.697.